The Morgan fingerprint density at radius 2 is 0.639 bits per heavy atom. The van der Waals surface area contributed by atoms with Crippen LogP contribution in [0.3, 0.4) is 0 Å². The molecule has 0 aromatic rings. The number of alkyl halides is 6. The van der Waals surface area contributed by atoms with E-state index in [4.69, 9.17) is 7.74 Å². The fraction of sp³-hybridized carbons (Fsp3) is 1.00. The third kappa shape index (κ3) is 12.6. The van der Waals surface area contributed by atoms with Crippen LogP contribution in [0.25, 0.3) is 0 Å². The molecule has 0 amide bonds. The lowest BCUT2D eigenvalue weighted by Gasteiger charge is -2.30. The van der Waals surface area contributed by atoms with Crippen molar-refractivity contribution in [2.45, 2.75) is 127 Å². The Kier molecular flexibility index (Phi) is 16.9. The zero-order chi connectivity index (χ0) is 28.9. The summed E-state index contributed by atoms with van der Waals surface area (Å²) in [5.74, 6) is 0. The van der Waals surface area contributed by atoms with Crippen molar-refractivity contribution in [3.63, 3.8) is 0 Å². The van der Waals surface area contributed by atoms with Gasteiger partial charge in [0.2, 0.25) is 16.6 Å². The van der Waals surface area contributed by atoms with E-state index in [2.05, 4.69) is 0 Å². The maximum Gasteiger partial charge on any atom is 0.522 e. The highest BCUT2D eigenvalue weighted by Gasteiger charge is 2.53. The smallest absolute Gasteiger partial charge is 0.308 e. The molecule has 0 aromatic heterocycles. The van der Waals surface area contributed by atoms with E-state index in [1.165, 1.54) is 0 Å². The van der Waals surface area contributed by atoms with E-state index < -0.39 is 47.9 Å². The van der Waals surface area contributed by atoms with E-state index in [1.807, 2.05) is 41.5 Å². The Bertz CT molecular complexity index is 715. The Labute approximate surface area is 215 Å². The van der Waals surface area contributed by atoms with Gasteiger partial charge in [0, 0.05) is 0 Å². The highest BCUT2D eigenvalue weighted by molar-refractivity contribution is 7.89. The monoisotopic (exact) mass is 612 g/mol. The minimum Gasteiger partial charge on any atom is -0.308 e. The SMILES string of the molecule is CCC[Si](CCC)(CCC)OS(=O)(=O)C(F)(F)F.CCC[Si](CCC)(CCC)OS(=O)(=O)C(F)(F)F. The van der Waals surface area contributed by atoms with Crippen molar-refractivity contribution < 1.29 is 50.9 Å². The summed E-state index contributed by atoms with van der Waals surface area (Å²) in [4.78, 5) is 0. The molecule has 0 atom stereocenters. The molecule has 0 aromatic carbocycles. The molecule has 0 aliphatic carbocycles. The first-order valence-corrected chi connectivity index (χ1v) is 20.2. The van der Waals surface area contributed by atoms with Crippen molar-refractivity contribution in [2.24, 2.45) is 0 Å². The summed E-state index contributed by atoms with van der Waals surface area (Å²) in [7, 11) is -16.6. The van der Waals surface area contributed by atoms with E-state index in [1.54, 1.807) is 0 Å². The molecule has 16 heteroatoms. The quantitative estimate of drug-likeness (QED) is 0.0996. The van der Waals surface area contributed by atoms with E-state index in [0.717, 1.165) is 0 Å². The second kappa shape index (κ2) is 16.1. The molecule has 0 bridgehead atoms. The Balaban J connectivity index is 0. The molecular formula is C20H42F6O6S2Si2. The topological polar surface area (TPSA) is 86.7 Å². The van der Waals surface area contributed by atoms with Crippen LogP contribution in [0.1, 0.15) is 80.1 Å². The predicted octanol–water partition coefficient (Wildman–Crippen LogP) is 8.06. The summed E-state index contributed by atoms with van der Waals surface area (Å²) in [6.45, 7) is 11.0. The van der Waals surface area contributed by atoms with Gasteiger partial charge in [-0.1, -0.05) is 80.1 Å². The highest BCUT2D eigenvalue weighted by Crippen LogP contribution is 2.36. The second-order valence-corrected chi connectivity index (χ2v) is 20.6. The summed E-state index contributed by atoms with van der Waals surface area (Å²) in [5.41, 5.74) is -10.6. The van der Waals surface area contributed by atoms with Gasteiger partial charge in [0.1, 0.15) is 0 Å². The van der Waals surface area contributed by atoms with E-state index in [9.17, 15) is 43.2 Å². The van der Waals surface area contributed by atoms with Crippen molar-refractivity contribution in [2.75, 3.05) is 0 Å². The van der Waals surface area contributed by atoms with Gasteiger partial charge in [-0.25, -0.2) is 0 Å². The van der Waals surface area contributed by atoms with Crippen LogP contribution in [0.4, 0.5) is 26.3 Å². The molecule has 0 heterocycles. The first kappa shape index (κ1) is 38.0. The van der Waals surface area contributed by atoms with Crippen LogP contribution >= 0.6 is 0 Å². The normalized spacial score (nSPS) is 13.9. The molecule has 0 N–H and O–H groups in total. The number of hydrogen-bond acceptors (Lipinski definition) is 6. The van der Waals surface area contributed by atoms with Crippen LogP contribution in [-0.2, 0) is 28.0 Å². The molecule has 0 saturated heterocycles. The molecule has 6 nitrogen and oxygen atoms in total. The van der Waals surface area contributed by atoms with Crippen molar-refractivity contribution >= 4 is 36.9 Å². The molecule has 0 rings (SSSR count). The molecule has 36 heavy (non-hydrogen) atoms. The number of halogens is 6. The predicted molar refractivity (Wildman–Crippen MR) is 134 cm³/mol. The Morgan fingerprint density at radius 1 is 0.472 bits per heavy atom. The summed E-state index contributed by atoms with van der Waals surface area (Å²) in [5, 5.41) is 0. The average Bonchev–Trinajstić information content (AvgIpc) is 2.67. The summed E-state index contributed by atoms with van der Waals surface area (Å²) in [6, 6.07) is 2.69. The molecule has 0 aliphatic heterocycles. The molecule has 0 saturated carbocycles. The van der Waals surface area contributed by atoms with Gasteiger partial charge in [0.15, 0.2) is 0 Å². The molecule has 0 aliphatic rings. The van der Waals surface area contributed by atoms with Gasteiger partial charge in [0.05, 0.1) is 0 Å². The summed E-state index contributed by atoms with van der Waals surface area (Å²) in [6.07, 6.45) is 3.83. The van der Waals surface area contributed by atoms with Crippen molar-refractivity contribution in [1.82, 2.24) is 0 Å². The lowest BCUT2D eigenvalue weighted by molar-refractivity contribution is -0.0509. The largest absolute Gasteiger partial charge is 0.522 e. The third-order valence-corrected chi connectivity index (χ3v) is 19.6. The molecular weight excluding hydrogens is 571 g/mol. The van der Waals surface area contributed by atoms with E-state index in [0.29, 0.717) is 74.8 Å². The second-order valence-electron chi connectivity index (χ2n) is 8.83. The summed E-state index contributed by atoms with van der Waals surface area (Å²) >= 11 is 0. The van der Waals surface area contributed by atoms with Crippen LogP contribution < -0.4 is 0 Å². The molecule has 0 radical (unpaired) electrons. The van der Waals surface area contributed by atoms with E-state index in [-0.39, 0.29) is 0 Å². The van der Waals surface area contributed by atoms with Crippen LogP contribution in [-0.4, -0.2) is 44.5 Å². The maximum absolute atomic E-state index is 12.4. The van der Waals surface area contributed by atoms with E-state index >= 15 is 0 Å². The van der Waals surface area contributed by atoms with Gasteiger partial charge < -0.3 is 7.74 Å². The fourth-order valence-corrected chi connectivity index (χ4v) is 17.7. The lowest BCUT2D eigenvalue weighted by Crippen LogP contribution is -2.43. The van der Waals surface area contributed by atoms with Gasteiger partial charge in [-0.05, 0) is 36.3 Å². The Morgan fingerprint density at radius 3 is 0.750 bits per heavy atom. The number of hydrogen-bond donors (Lipinski definition) is 0. The first-order chi connectivity index (χ1) is 16.3. The van der Waals surface area contributed by atoms with Gasteiger partial charge in [-0.3, -0.25) is 0 Å². The lowest BCUT2D eigenvalue weighted by atomic mass is 10.6. The number of rotatable bonds is 16. The highest BCUT2D eigenvalue weighted by atomic mass is 32.2. The van der Waals surface area contributed by atoms with Crippen molar-refractivity contribution in [3.05, 3.63) is 0 Å². The first-order valence-electron chi connectivity index (χ1n) is 12.3. The van der Waals surface area contributed by atoms with Crippen molar-refractivity contribution in [3.8, 4) is 0 Å². The summed E-state index contributed by atoms with van der Waals surface area (Å²) < 4.78 is 128. The van der Waals surface area contributed by atoms with Gasteiger partial charge >= 0.3 is 31.3 Å². The van der Waals surface area contributed by atoms with Crippen LogP contribution in [0.2, 0.25) is 36.3 Å². The van der Waals surface area contributed by atoms with Crippen molar-refractivity contribution in [1.29, 1.82) is 0 Å². The fourth-order valence-electron chi connectivity index (χ4n) is 4.29. The van der Waals surface area contributed by atoms with Crippen LogP contribution in [0, 0.1) is 0 Å². The average molecular weight is 613 g/mol. The zero-order valence-electron chi connectivity index (χ0n) is 22.0. The molecule has 0 spiro atoms. The van der Waals surface area contributed by atoms with Gasteiger partial charge in [-0.15, -0.1) is 0 Å². The van der Waals surface area contributed by atoms with Gasteiger partial charge in [0.25, 0.3) is 0 Å². The third-order valence-electron chi connectivity index (χ3n) is 5.37. The van der Waals surface area contributed by atoms with Crippen LogP contribution in [0.15, 0.2) is 0 Å². The maximum atomic E-state index is 12.4. The van der Waals surface area contributed by atoms with Gasteiger partial charge in [-0.2, -0.15) is 43.2 Å². The minimum absolute atomic E-state index is 0.448. The Hall–Kier alpha value is -0.166. The molecule has 220 valence electrons. The standard InChI is InChI=1S/2C10H21F3O3SSi/c2*1-4-7-18(8-5-2,9-6-3)16-17(14,15)10(11,12)13/h2*4-9H2,1-3H3. The molecule has 0 fully saturated rings. The zero-order valence-corrected chi connectivity index (χ0v) is 25.7. The molecule has 0 unspecified atom stereocenters. The van der Waals surface area contributed by atoms with Crippen LogP contribution in [0.5, 0.6) is 0 Å². The minimum atomic E-state index is -5.46.